The van der Waals surface area contributed by atoms with Crippen molar-refractivity contribution in [2.75, 3.05) is 39.8 Å². The summed E-state index contributed by atoms with van der Waals surface area (Å²) in [5.74, 6) is -0.226. The van der Waals surface area contributed by atoms with E-state index >= 15 is 0 Å². The number of ketones is 1. The molecule has 2 aliphatic rings. The molecular formula is C27H36Cl2N4O3. The second kappa shape index (κ2) is 13.7. The first kappa shape index (κ1) is 29.8. The van der Waals surface area contributed by atoms with Gasteiger partial charge in [-0.2, -0.15) is 5.10 Å². The summed E-state index contributed by atoms with van der Waals surface area (Å²) >= 11 is 0. The number of piperazine rings is 1. The fourth-order valence-electron chi connectivity index (χ4n) is 4.66. The van der Waals surface area contributed by atoms with E-state index in [-0.39, 0.29) is 48.5 Å². The number of carbonyl (C=O) groups excluding carboxylic acids is 2. The number of rotatable bonds is 7. The van der Waals surface area contributed by atoms with E-state index in [9.17, 15) is 9.59 Å². The molecule has 9 heteroatoms. The summed E-state index contributed by atoms with van der Waals surface area (Å²) < 4.78 is 5.10. The van der Waals surface area contributed by atoms with E-state index in [4.69, 9.17) is 10.5 Å². The van der Waals surface area contributed by atoms with Crippen LogP contribution in [0.25, 0.3) is 0 Å². The Labute approximate surface area is 225 Å². The average Bonchev–Trinajstić information content (AvgIpc) is 2.85. The minimum atomic E-state index is -0.283. The molecule has 2 aromatic carbocycles. The van der Waals surface area contributed by atoms with Crippen LogP contribution in [0.5, 0.6) is 0 Å². The summed E-state index contributed by atoms with van der Waals surface area (Å²) in [4.78, 5) is 27.4. The smallest absolute Gasteiger partial charge is 0.306 e. The summed E-state index contributed by atoms with van der Waals surface area (Å²) in [6.45, 7) is 6.04. The van der Waals surface area contributed by atoms with Crippen LogP contribution in [0.3, 0.4) is 0 Å². The van der Waals surface area contributed by atoms with Crippen molar-refractivity contribution >= 4 is 42.8 Å². The molecule has 1 saturated heterocycles. The zero-order chi connectivity index (χ0) is 24.1. The number of carbonyl (C=O) groups is 2. The maximum atomic E-state index is 13.2. The number of hydrogen-bond acceptors (Lipinski definition) is 7. The molecule has 0 spiro atoms. The van der Waals surface area contributed by atoms with Crippen molar-refractivity contribution in [1.82, 2.24) is 9.91 Å². The van der Waals surface area contributed by atoms with Crippen LogP contribution in [0.15, 0.2) is 47.6 Å². The van der Waals surface area contributed by atoms with Crippen LogP contribution in [-0.4, -0.2) is 67.7 Å². The maximum absolute atomic E-state index is 13.2. The van der Waals surface area contributed by atoms with Gasteiger partial charge in [0.2, 0.25) is 0 Å². The summed E-state index contributed by atoms with van der Waals surface area (Å²) in [7, 11) is 2.12. The first-order valence-electron chi connectivity index (χ1n) is 12.1. The van der Waals surface area contributed by atoms with Gasteiger partial charge in [-0.1, -0.05) is 36.4 Å². The van der Waals surface area contributed by atoms with Crippen molar-refractivity contribution in [3.8, 4) is 0 Å². The average molecular weight is 536 g/mol. The summed E-state index contributed by atoms with van der Waals surface area (Å²) in [6.07, 6.45) is 3.85. The lowest BCUT2D eigenvalue weighted by atomic mass is 9.77. The van der Waals surface area contributed by atoms with Gasteiger partial charge in [-0.25, -0.2) is 0 Å². The van der Waals surface area contributed by atoms with Crippen molar-refractivity contribution in [3.63, 3.8) is 0 Å². The molecule has 2 atom stereocenters. The van der Waals surface area contributed by atoms with Crippen LogP contribution in [0.2, 0.25) is 0 Å². The van der Waals surface area contributed by atoms with E-state index in [0.717, 1.165) is 55.7 Å². The molecule has 2 aromatic rings. The molecule has 0 bridgehead atoms. The van der Waals surface area contributed by atoms with Gasteiger partial charge in [0.15, 0.2) is 5.78 Å². The molecule has 1 aliphatic heterocycles. The SMILES string of the molecule is CCOC(=O)CC1CCc2ccc(C(=O)c3ccc(C=NN4CCN(C)CC4)cc3)cc2C1N.Cl.Cl. The number of benzene rings is 2. The minimum Gasteiger partial charge on any atom is -0.466 e. The number of nitrogens with two attached hydrogens (primary N) is 1. The van der Waals surface area contributed by atoms with Crippen molar-refractivity contribution in [1.29, 1.82) is 0 Å². The van der Waals surface area contributed by atoms with Crippen molar-refractivity contribution in [3.05, 3.63) is 70.3 Å². The third-order valence-electron chi connectivity index (χ3n) is 6.82. The molecule has 196 valence electrons. The predicted molar refractivity (Wildman–Crippen MR) is 147 cm³/mol. The Kier molecular flexibility index (Phi) is 11.4. The van der Waals surface area contributed by atoms with Gasteiger partial charge in [0.05, 0.1) is 19.2 Å². The van der Waals surface area contributed by atoms with Crippen LogP contribution >= 0.6 is 24.8 Å². The molecule has 0 radical (unpaired) electrons. The Balaban J connectivity index is 0.00000228. The van der Waals surface area contributed by atoms with Crippen molar-refractivity contribution < 1.29 is 14.3 Å². The van der Waals surface area contributed by atoms with Gasteiger partial charge in [0.25, 0.3) is 0 Å². The van der Waals surface area contributed by atoms with Gasteiger partial charge in [0, 0.05) is 43.3 Å². The molecular weight excluding hydrogens is 499 g/mol. The maximum Gasteiger partial charge on any atom is 0.306 e. The summed E-state index contributed by atoms with van der Waals surface area (Å²) in [5, 5.41) is 6.64. The highest BCUT2D eigenvalue weighted by atomic mass is 35.5. The number of hydrogen-bond donors (Lipinski definition) is 1. The predicted octanol–water partition coefficient (Wildman–Crippen LogP) is 3.86. The van der Waals surface area contributed by atoms with Gasteiger partial charge in [-0.05, 0) is 55.5 Å². The highest BCUT2D eigenvalue weighted by Gasteiger charge is 2.29. The Bertz CT molecular complexity index is 1050. The molecule has 2 unspecified atom stereocenters. The van der Waals surface area contributed by atoms with Crippen LogP contribution in [0.4, 0.5) is 0 Å². The van der Waals surface area contributed by atoms with Gasteiger partial charge in [-0.15, -0.1) is 24.8 Å². The van der Waals surface area contributed by atoms with Crippen molar-refractivity contribution in [2.45, 2.75) is 32.2 Å². The highest BCUT2D eigenvalue weighted by molar-refractivity contribution is 6.09. The first-order chi connectivity index (χ1) is 16.4. The third-order valence-corrected chi connectivity index (χ3v) is 6.82. The summed E-state index contributed by atoms with van der Waals surface area (Å²) in [5.41, 5.74) is 10.8. The van der Waals surface area contributed by atoms with Gasteiger partial charge >= 0.3 is 5.97 Å². The van der Waals surface area contributed by atoms with Gasteiger partial charge < -0.3 is 15.4 Å². The number of aryl methyl sites for hydroxylation is 1. The van der Waals surface area contributed by atoms with Crippen LogP contribution in [0.1, 0.15) is 58.4 Å². The Morgan fingerprint density at radius 1 is 1.06 bits per heavy atom. The van der Waals surface area contributed by atoms with Gasteiger partial charge in [0.1, 0.15) is 0 Å². The second-order valence-electron chi connectivity index (χ2n) is 9.20. The lowest BCUT2D eigenvalue weighted by Crippen LogP contribution is -2.41. The monoisotopic (exact) mass is 534 g/mol. The highest BCUT2D eigenvalue weighted by Crippen LogP contribution is 2.35. The number of esters is 1. The fourth-order valence-corrected chi connectivity index (χ4v) is 4.66. The summed E-state index contributed by atoms with van der Waals surface area (Å²) in [6, 6.07) is 13.0. The van der Waals surface area contributed by atoms with E-state index in [1.807, 2.05) is 48.7 Å². The molecule has 0 saturated carbocycles. The largest absolute Gasteiger partial charge is 0.466 e. The lowest BCUT2D eigenvalue weighted by molar-refractivity contribution is -0.144. The van der Waals surface area contributed by atoms with E-state index in [1.54, 1.807) is 6.92 Å². The molecule has 0 aromatic heterocycles. The third kappa shape index (κ3) is 7.29. The normalized spacial score (nSPS) is 19.7. The van der Waals surface area contributed by atoms with Crippen molar-refractivity contribution in [2.24, 2.45) is 16.8 Å². The number of halogens is 2. The minimum absolute atomic E-state index is 0. The van der Waals surface area contributed by atoms with E-state index < -0.39 is 0 Å². The number of fused-ring (bicyclic) bond motifs is 1. The van der Waals surface area contributed by atoms with Gasteiger partial charge in [-0.3, -0.25) is 14.6 Å². The second-order valence-corrected chi connectivity index (χ2v) is 9.20. The van der Waals surface area contributed by atoms with Crippen LogP contribution < -0.4 is 5.73 Å². The molecule has 0 amide bonds. The number of hydrazone groups is 1. The van der Waals surface area contributed by atoms with E-state index in [2.05, 4.69) is 22.1 Å². The quantitative estimate of drug-likeness (QED) is 0.329. The zero-order valence-electron chi connectivity index (χ0n) is 20.9. The fraction of sp³-hybridized carbons (Fsp3) is 0.444. The Morgan fingerprint density at radius 3 is 2.39 bits per heavy atom. The molecule has 36 heavy (non-hydrogen) atoms. The van der Waals surface area contributed by atoms with E-state index in [1.165, 1.54) is 0 Å². The number of nitrogens with zero attached hydrogens (tertiary/aromatic N) is 3. The molecule has 1 aliphatic carbocycles. The topological polar surface area (TPSA) is 88.2 Å². The molecule has 1 fully saturated rings. The molecule has 2 N–H and O–H groups in total. The Morgan fingerprint density at radius 2 is 1.72 bits per heavy atom. The molecule has 4 rings (SSSR count). The molecule has 7 nitrogen and oxygen atoms in total. The lowest BCUT2D eigenvalue weighted by Gasteiger charge is -2.30. The molecule has 1 heterocycles. The first-order valence-corrected chi connectivity index (χ1v) is 12.1. The zero-order valence-corrected chi connectivity index (χ0v) is 22.5. The van der Waals surface area contributed by atoms with Crippen LogP contribution in [0, 0.1) is 5.92 Å². The number of likely N-dealkylation sites (N-methyl/N-ethyl adjacent to an activating group) is 1. The van der Waals surface area contributed by atoms with E-state index in [0.29, 0.717) is 24.2 Å². The number of ether oxygens (including phenoxy) is 1. The standard InChI is InChI=1S/C27H34N4O3.2ClH/c1-3-34-25(32)17-22-10-8-20-9-11-23(16-24(20)26(22)28)27(33)21-6-4-19(5-7-21)18-29-31-14-12-30(2)13-15-31;;/h4-7,9,11,16,18,22,26H,3,8,10,12-15,17,28H2,1-2H3;2*1H. The Hall–Kier alpha value is -2.45. The van der Waals surface area contributed by atoms with Crippen LogP contribution in [-0.2, 0) is 16.0 Å².